The monoisotopic (exact) mass is 519 g/mol. The van der Waals surface area contributed by atoms with Crippen LogP contribution in [-0.4, -0.2) is 38.5 Å². The summed E-state index contributed by atoms with van der Waals surface area (Å²) >= 11 is 0. The summed E-state index contributed by atoms with van der Waals surface area (Å²) in [5, 5.41) is 13.6. The highest BCUT2D eigenvalue weighted by atomic mass is 16.5. The number of phenols is 1. The van der Waals surface area contributed by atoms with Gasteiger partial charge in [0, 0.05) is 23.9 Å². The van der Waals surface area contributed by atoms with Gasteiger partial charge in [-0.3, -0.25) is 0 Å². The van der Waals surface area contributed by atoms with Gasteiger partial charge in [-0.25, -0.2) is 0 Å². The minimum atomic E-state index is -0.143. The fourth-order valence-electron chi connectivity index (χ4n) is 7.57. The Hall–Kier alpha value is -3.50. The number of aromatic hydroxyl groups is 1. The van der Waals surface area contributed by atoms with Crippen molar-refractivity contribution in [2.45, 2.75) is 50.4 Å². The number of benzene rings is 4. The molecule has 0 radical (unpaired) electrons. The summed E-state index contributed by atoms with van der Waals surface area (Å²) < 4.78 is 11.6. The standard InChI is InChI=1S/C35H37NO3/c1-38-33-22-27-28(21-31(33)36-17-19-39-20-18-36)34-26-13-6-5-11-24(26)25-12-7-8-14-29(25)35(30(34)23-32(27)37)15-9-3-2-4-10-16-35/h5-8,11-14,21-23,37H,2-4,9-10,15-20H2,1H3. The number of fused-ring (bicyclic) bond motifs is 9. The molecule has 39 heavy (non-hydrogen) atoms. The van der Waals surface area contributed by atoms with Crippen molar-refractivity contribution in [3.05, 3.63) is 77.9 Å². The lowest BCUT2D eigenvalue weighted by atomic mass is 9.65. The van der Waals surface area contributed by atoms with Crippen LogP contribution in [0.3, 0.4) is 0 Å². The van der Waals surface area contributed by atoms with E-state index in [1.807, 2.05) is 6.07 Å². The molecule has 0 atom stereocenters. The van der Waals surface area contributed by atoms with Crippen LogP contribution in [0.2, 0.25) is 0 Å². The Bertz CT molecular complexity index is 1530. The van der Waals surface area contributed by atoms with Crippen LogP contribution in [0.5, 0.6) is 11.5 Å². The molecule has 3 aliphatic rings. The minimum Gasteiger partial charge on any atom is -0.507 e. The zero-order valence-corrected chi connectivity index (χ0v) is 22.8. The largest absolute Gasteiger partial charge is 0.507 e. The zero-order chi connectivity index (χ0) is 26.4. The lowest BCUT2D eigenvalue weighted by Crippen LogP contribution is -2.36. The quantitative estimate of drug-likeness (QED) is 0.291. The van der Waals surface area contributed by atoms with Crippen molar-refractivity contribution in [1.82, 2.24) is 0 Å². The van der Waals surface area contributed by atoms with Crippen LogP contribution in [0.1, 0.15) is 56.1 Å². The molecular weight excluding hydrogens is 482 g/mol. The van der Waals surface area contributed by atoms with Crippen molar-refractivity contribution in [1.29, 1.82) is 0 Å². The third-order valence-corrected chi connectivity index (χ3v) is 9.42. The zero-order valence-electron chi connectivity index (χ0n) is 22.8. The second kappa shape index (κ2) is 9.91. The predicted molar refractivity (Wildman–Crippen MR) is 159 cm³/mol. The Balaban J connectivity index is 1.61. The molecule has 0 amide bonds. The van der Waals surface area contributed by atoms with Crippen molar-refractivity contribution >= 4 is 16.5 Å². The van der Waals surface area contributed by atoms with Crippen molar-refractivity contribution in [2.24, 2.45) is 0 Å². The summed E-state index contributed by atoms with van der Waals surface area (Å²) in [6.07, 6.45) is 8.45. The van der Waals surface area contributed by atoms with Gasteiger partial charge in [0.1, 0.15) is 11.5 Å². The van der Waals surface area contributed by atoms with Crippen molar-refractivity contribution < 1.29 is 14.6 Å². The van der Waals surface area contributed by atoms with Crippen LogP contribution in [0.4, 0.5) is 5.69 Å². The first-order chi connectivity index (χ1) is 19.2. The van der Waals surface area contributed by atoms with Crippen LogP contribution in [0.25, 0.3) is 33.0 Å². The highest BCUT2D eigenvalue weighted by Crippen LogP contribution is 2.57. The second-order valence-corrected chi connectivity index (χ2v) is 11.4. The van der Waals surface area contributed by atoms with Crippen LogP contribution >= 0.6 is 0 Å². The van der Waals surface area contributed by atoms with Gasteiger partial charge in [0.05, 0.1) is 26.0 Å². The molecule has 0 aromatic heterocycles. The first-order valence-corrected chi connectivity index (χ1v) is 14.6. The van der Waals surface area contributed by atoms with Gasteiger partial charge < -0.3 is 19.5 Å². The number of hydrogen-bond donors (Lipinski definition) is 1. The normalized spacial score (nSPS) is 18.4. The van der Waals surface area contributed by atoms with Gasteiger partial charge in [-0.15, -0.1) is 0 Å². The maximum Gasteiger partial charge on any atom is 0.142 e. The topological polar surface area (TPSA) is 41.9 Å². The molecular formula is C35H37NO3. The first kappa shape index (κ1) is 24.5. The summed E-state index contributed by atoms with van der Waals surface area (Å²) in [5.74, 6) is 1.14. The summed E-state index contributed by atoms with van der Waals surface area (Å²) in [4.78, 5) is 2.36. The van der Waals surface area contributed by atoms with Gasteiger partial charge >= 0.3 is 0 Å². The highest BCUT2D eigenvalue weighted by molar-refractivity contribution is 6.08. The Labute approximate surface area is 231 Å². The number of ether oxygens (including phenoxy) is 2. The summed E-state index contributed by atoms with van der Waals surface area (Å²) in [7, 11) is 1.72. The van der Waals surface area contributed by atoms with Gasteiger partial charge in [-0.2, -0.15) is 0 Å². The van der Waals surface area contributed by atoms with E-state index in [1.54, 1.807) is 7.11 Å². The number of hydrogen-bond acceptors (Lipinski definition) is 4. The van der Waals surface area contributed by atoms with Crippen LogP contribution < -0.4 is 9.64 Å². The van der Waals surface area contributed by atoms with E-state index in [0.717, 1.165) is 48.1 Å². The van der Waals surface area contributed by atoms with Crippen molar-refractivity contribution in [2.75, 3.05) is 38.3 Å². The molecule has 1 spiro atoms. The Morgan fingerprint density at radius 3 is 2.15 bits per heavy atom. The fourth-order valence-corrected chi connectivity index (χ4v) is 7.57. The molecule has 1 aliphatic heterocycles. The maximum absolute atomic E-state index is 11.7. The summed E-state index contributed by atoms with van der Waals surface area (Å²) in [6.45, 7) is 3.07. The molecule has 200 valence electrons. The molecule has 7 rings (SSSR count). The van der Waals surface area contributed by atoms with Gasteiger partial charge in [0.25, 0.3) is 0 Å². The molecule has 4 nitrogen and oxygen atoms in total. The number of morpholine rings is 1. The number of anilines is 1. The molecule has 1 heterocycles. The third kappa shape index (κ3) is 3.91. The lowest BCUT2D eigenvalue weighted by Gasteiger charge is -2.39. The van der Waals surface area contributed by atoms with E-state index in [9.17, 15) is 5.11 Å². The molecule has 2 aliphatic carbocycles. The van der Waals surface area contributed by atoms with E-state index < -0.39 is 0 Å². The molecule has 2 fully saturated rings. The highest BCUT2D eigenvalue weighted by Gasteiger charge is 2.41. The average molecular weight is 520 g/mol. The summed E-state index contributed by atoms with van der Waals surface area (Å²) in [6, 6.07) is 24.4. The first-order valence-electron chi connectivity index (χ1n) is 14.6. The predicted octanol–water partition coefficient (Wildman–Crippen LogP) is 8.07. The van der Waals surface area contributed by atoms with Gasteiger partial charge in [-0.1, -0.05) is 80.6 Å². The molecule has 0 bridgehead atoms. The van der Waals surface area contributed by atoms with Crippen LogP contribution in [0.15, 0.2) is 66.7 Å². The van der Waals surface area contributed by atoms with Gasteiger partial charge in [0.15, 0.2) is 0 Å². The van der Waals surface area contributed by atoms with Crippen LogP contribution in [0, 0.1) is 0 Å². The van der Waals surface area contributed by atoms with E-state index in [1.165, 1.54) is 65.5 Å². The lowest BCUT2D eigenvalue weighted by molar-refractivity contribution is 0.122. The number of methoxy groups -OCH3 is 1. The van der Waals surface area contributed by atoms with E-state index >= 15 is 0 Å². The summed E-state index contributed by atoms with van der Waals surface area (Å²) in [5.41, 5.74) is 8.77. The van der Waals surface area contributed by atoms with Crippen molar-refractivity contribution in [3.63, 3.8) is 0 Å². The number of nitrogens with zero attached hydrogens (tertiary/aromatic N) is 1. The van der Waals surface area contributed by atoms with Gasteiger partial charge in [-0.05, 0) is 69.8 Å². The molecule has 4 aromatic rings. The average Bonchev–Trinajstić information content (AvgIpc) is 3.07. The van der Waals surface area contributed by atoms with E-state index in [0.29, 0.717) is 19.0 Å². The number of phenolic OH excluding ortho intramolecular Hbond substituents is 1. The Kier molecular flexibility index (Phi) is 6.24. The van der Waals surface area contributed by atoms with E-state index in [4.69, 9.17) is 9.47 Å². The second-order valence-electron chi connectivity index (χ2n) is 11.4. The Morgan fingerprint density at radius 1 is 0.744 bits per heavy atom. The molecule has 4 aromatic carbocycles. The van der Waals surface area contributed by atoms with E-state index in [-0.39, 0.29) is 5.41 Å². The van der Waals surface area contributed by atoms with Crippen molar-refractivity contribution in [3.8, 4) is 33.8 Å². The number of rotatable bonds is 2. The maximum atomic E-state index is 11.7. The minimum absolute atomic E-state index is 0.143. The fraction of sp³-hybridized carbons (Fsp3) is 0.371. The van der Waals surface area contributed by atoms with E-state index in [2.05, 4.69) is 65.6 Å². The van der Waals surface area contributed by atoms with Gasteiger partial charge in [0.2, 0.25) is 0 Å². The molecule has 4 heteroatoms. The molecule has 0 unspecified atom stereocenters. The molecule has 1 saturated heterocycles. The SMILES string of the molecule is COc1cc2c(O)cc3c(c2cc1N1CCOCC1)-c1ccccc1-c1ccccc1C31CCCCCCC1. The Morgan fingerprint density at radius 2 is 1.41 bits per heavy atom. The molecule has 1 N–H and O–H groups in total. The molecule has 1 saturated carbocycles. The van der Waals surface area contributed by atoms with Crippen LogP contribution in [-0.2, 0) is 10.2 Å². The third-order valence-electron chi connectivity index (χ3n) is 9.42. The smallest absolute Gasteiger partial charge is 0.142 e.